The van der Waals surface area contributed by atoms with Crippen molar-refractivity contribution in [1.29, 1.82) is 0 Å². The van der Waals surface area contributed by atoms with Crippen LogP contribution in [0.25, 0.3) is 0 Å². The lowest BCUT2D eigenvalue weighted by atomic mass is 10.2. The highest BCUT2D eigenvalue weighted by atomic mass is 127. The Balaban J connectivity index is 0.00000312. The van der Waals surface area contributed by atoms with Gasteiger partial charge in [0, 0.05) is 49.8 Å². The fourth-order valence-corrected chi connectivity index (χ4v) is 4.12. The van der Waals surface area contributed by atoms with Gasteiger partial charge in [0.25, 0.3) is 0 Å². The Morgan fingerprint density at radius 1 is 1.24 bits per heavy atom. The van der Waals surface area contributed by atoms with E-state index < -0.39 is 9.84 Å². The Morgan fingerprint density at radius 3 is 2.52 bits per heavy atom. The first-order valence-corrected chi connectivity index (χ1v) is 10.3. The largest absolute Gasteiger partial charge is 0.355 e. The molecule has 6 nitrogen and oxygen atoms in total. The van der Waals surface area contributed by atoms with E-state index in [4.69, 9.17) is 23.2 Å². The number of sulfone groups is 1. The zero-order chi connectivity index (χ0) is 17.6. The molecule has 1 heterocycles. The maximum atomic E-state index is 11.4. The zero-order valence-electron chi connectivity index (χ0n) is 14.0. The molecule has 0 amide bonds. The van der Waals surface area contributed by atoms with Gasteiger partial charge in [-0.1, -0.05) is 29.3 Å². The van der Waals surface area contributed by atoms with Crippen molar-refractivity contribution in [3.63, 3.8) is 0 Å². The molecule has 0 bridgehead atoms. The molecular weight excluding hydrogens is 498 g/mol. The van der Waals surface area contributed by atoms with Gasteiger partial charge < -0.3 is 10.6 Å². The standard InChI is InChI=1S/C15H22Cl2N4O2S.HI/c1-18-15(20-11-12-2-3-13(16)10-14(12)17)19-4-5-21-6-8-24(22,23)9-7-21;/h2-3,10H,4-9,11H2,1H3,(H2,18,19,20);1H. The van der Waals surface area contributed by atoms with E-state index >= 15 is 0 Å². The van der Waals surface area contributed by atoms with Crippen LogP contribution in [0.3, 0.4) is 0 Å². The topological polar surface area (TPSA) is 73.8 Å². The molecule has 0 spiro atoms. The van der Waals surface area contributed by atoms with Crippen LogP contribution < -0.4 is 10.6 Å². The Hall–Kier alpha value is -0.290. The van der Waals surface area contributed by atoms with Crippen LogP contribution in [0.5, 0.6) is 0 Å². The van der Waals surface area contributed by atoms with E-state index in [1.165, 1.54) is 0 Å². The van der Waals surface area contributed by atoms with Crippen molar-refractivity contribution >= 4 is 63.0 Å². The Morgan fingerprint density at radius 2 is 1.92 bits per heavy atom. The van der Waals surface area contributed by atoms with Gasteiger partial charge in [-0.15, -0.1) is 24.0 Å². The van der Waals surface area contributed by atoms with Gasteiger partial charge in [0.1, 0.15) is 0 Å². The molecule has 1 aromatic rings. The van der Waals surface area contributed by atoms with Crippen LogP contribution in [-0.4, -0.2) is 64.0 Å². The third-order valence-corrected chi connectivity index (χ3v) is 6.04. The first kappa shape index (κ1) is 22.8. The first-order valence-electron chi connectivity index (χ1n) is 7.71. The lowest BCUT2D eigenvalue weighted by molar-refractivity contribution is 0.299. The summed E-state index contributed by atoms with van der Waals surface area (Å²) in [6, 6.07) is 5.38. The fourth-order valence-electron chi connectivity index (χ4n) is 2.37. The van der Waals surface area contributed by atoms with Gasteiger partial charge in [-0.25, -0.2) is 8.42 Å². The molecule has 0 atom stereocenters. The Labute approximate surface area is 176 Å². The lowest BCUT2D eigenvalue weighted by Crippen LogP contribution is -2.45. The number of rotatable bonds is 5. The maximum absolute atomic E-state index is 11.4. The Bertz CT molecular complexity index is 687. The van der Waals surface area contributed by atoms with E-state index in [0.29, 0.717) is 42.2 Å². The third-order valence-electron chi connectivity index (χ3n) is 3.84. The SMILES string of the molecule is CN=C(NCCN1CCS(=O)(=O)CC1)NCc1ccc(Cl)cc1Cl.I. The minimum Gasteiger partial charge on any atom is -0.355 e. The van der Waals surface area contributed by atoms with E-state index in [9.17, 15) is 8.42 Å². The van der Waals surface area contributed by atoms with Crippen LogP contribution in [0, 0.1) is 0 Å². The van der Waals surface area contributed by atoms with E-state index in [0.717, 1.165) is 12.1 Å². The number of guanidine groups is 1. The summed E-state index contributed by atoms with van der Waals surface area (Å²) in [5.74, 6) is 1.16. The quantitative estimate of drug-likeness (QED) is 0.353. The average molecular weight is 521 g/mol. The van der Waals surface area contributed by atoms with E-state index in [1.54, 1.807) is 19.2 Å². The molecule has 0 unspecified atom stereocenters. The summed E-state index contributed by atoms with van der Waals surface area (Å²) in [4.78, 5) is 6.30. The number of aliphatic imine (C=N–C) groups is 1. The molecule has 2 rings (SSSR count). The van der Waals surface area contributed by atoms with Crippen LogP contribution in [-0.2, 0) is 16.4 Å². The van der Waals surface area contributed by atoms with Crippen LogP contribution in [0.1, 0.15) is 5.56 Å². The molecule has 25 heavy (non-hydrogen) atoms. The summed E-state index contributed by atoms with van der Waals surface area (Å²) in [6.45, 7) is 3.19. The number of nitrogens with zero attached hydrogens (tertiary/aromatic N) is 2. The molecule has 0 radical (unpaired) electrons. The summed E-state index contributed by atoms with van der Waals surface area (Å²) in [5.41, 5.74) is 0.935. The van der Waals surface area contributed by atoms with Crippen molar-refractivity contribution < 1.29 is 8.42 Å². The predicted octanol–water partition coefficient (Wildman–Crippen LogP) is 2.01. The highest BCUT2D eigenvalue weighted by Crippen LogP contribution is 2.20. The van der Waals surface area contributed by atoms with Crippen LogP contribution in [0.4, 0.5) is 0 Å². The van der Waals surface area contributed by atoms with Crippen LogP contribution in [0.2, 0.25) is 10.0 Å². The van der Waals surface area contributed by atoms with Crippen molar-refractivity contribution in [2.24, 2.45) is 4.99 Å². The van der Waals surface area contributed by atoms with Crippen LogP contribution in [0.15, 0.2) is 23.2 Å². The van der Waals surface area contributed by atoms with Gasteiger partial charge in [-0.2, -0.15) is 0 Å². The molecule has 1 aliphatic rings. The second kappa shape index (κ2) is 10.8. The number of halogens is 3. The van der Waals surface area contributed by atoms with E-state index in [1.807, 2.05) is 6.07 Å². The second-order valence-corrected chi connectivity index (χ2v) is 8.73. The molecule has 0 aromatic heterocycles. The lowest BCUT2D eigenvalue weighted by Gasteiger charge is -2.26. The average Bonchev–Trinajstić information content (AvgIpc) is 2.53. The number of hydrogen-bond acceptors (Lipinski definition) is 4. The van der Waals surface area contributed by atoms with Crippen molar-refractivity contribution in [3.05, 3.63) is 33.8 Å². The molecule has 1 fully saturated rings. The normalized spacial score (nSPS) is 17.6. The van der Waals surface area contributed by atoms with Gasteiger partial charge in [0.05, 0.1) is 11.5 Å². The molecule has 1 saturated heterocycles. The summed E-state index contributed by atoms with van der Waals surface area (Å²) >= 11 is 12.0. The third kappa shape index (κ3) is 7.86. The monoisotopic (exact) mass is 520 g/mol. The first-order chi connectivity index (χ1) is 11.4. The number of benzene rings is 1. The molecule has 0 saturated carbocycles. The number of nitrogens with one attached hydrogen (secondary N) is 2. The van der Waals surface area contributed by atoms with Crippen molar-refractivity contribution in [2.45, 2.75) is 6.54 Å². The molecule has 142 valence electrons. The van der Waals surface area contributed by atoms with Crippen molar-refractivity contribution in [3.8, 4) is 0 Å². The van der Waals surface area contributed by atoms with Crippen LogP contribution >= 0.6 is 47.2 Å². The molecule has 2 N–H and O–H groups in total. The molecular formula is C15H23Cl2IN4O2S. The Kier molecular flexibility index (Phi) is 9.79. The second-order valence-electron chi connectivity index (χ2n) is 5.58. The molecule has 1 aromatic carbocycles. The molecule has 1 aliphatic heterocycles. The highest BCUT2D eigenvalue weighted by molar-refractivity contribution is 14.0. The minimum absolute atomic E-state index is 0. The highest BCUT2D eigenvalue weighted by Gasteiger charge is 2.20. The smallest absolute Gasteiger partial charge is 0.191 e. The van der Waals surface area contributed by atoms with Crippen molar-refractivity contribution in [1.82, 2.24) is 15.5 Å². The maximum Gasteiger partial charge on any atom is 0.191 e. The van der Waals surface area contributed by atoms with Gasteiger partial charge in [0.2, 0.25) is 0 Å². The summed E-state index contributed by atoms with van der Waals surface area (Å²) in [6.07, 6.45) is 0. The van der Waals surface area contributed by atoms with Crippen molar-refractivity contribution in [2.75, 3.05) is 44.7 Å². The van der Waals surface area contributed by atoms with Gasteiger partial charge in [-0.3, -0.25) is 9.89 Å². The summed E-state index contributed by atoms with van der Waals surface area (Å²) in [7, 11) is -1.13. The minimum atomic E-state index is -2.83. The zero-order valence-corrected chi connectivity index (χ0v) is 18.6. The predicted molar refractivity (Wildman–Crippen MR) is 115 cm³/mol. The van der Waals surface area contributed by atoms with Gasteiger partial charge in [-0.05, 0) is 17.7 Å². The summed E-state index contributed by atoms with van der Waals surface area (Å²) in [5, 5.41) is 7.63. The molecule has 0 aliphatic carbocycles. The van der Waals surface area contributed by atoms with Gasteiger partial charge in [0.15, 0.2) is 15.8 Å². The summed E-state index contributed by atoms with van der Waals surface area (Å²) < 4.78 is 22.8. The molecule has 10 heteroatoms. The van der Waals surface area contributed by atoms with E-state index in [-0.39, 0.29) is 35.5 Å². The van der Waals surface area contributed by atoms with Gasteiger partial charge >= 0.3 is 0 Å². The fraction of sp³-hybridized carbons (Fsp3) is 0.533. The van der Waals surface area contributed by atoms with E-state index in [2.05, 4.69) is 20.5 Å². The number of hydrogen-bond donors (Lipinski definition) is 2.